The molecule has 0 saturated heterocycles. The summed E-state index contributed by atoms with van der Waals surface area (Å²) in [5, 5.41) is 34.1. The molecule has 0 fully saturated rings. The van der Waals surface area contributed by atoms with E-state index in [9.17, 15) is 14.4 Å². The molecule has 0 aliphatic carbocycles. The van der Waals surface area contributed by atoms with E-state index in [0.717, 1.165) is 6.92 Å². The summed E-state index contributed by atoms with van der Waals surface area (Å²) in [5.41, 5.74) is -3.19. The van der Waals surface area contributed by atoms with Crippen molar-refractivity contribution in [2.75, 3.05) is 0 Å². The maximum atomic E-state index is 10.4. The number of hydrogen-bond acceptors (Lipinski definition) is 4. The molecule has 0 rings (SSSR count). The number of aliphatic hydroxyl groups excluding tert-OH is 1. The van der Waals surface area contributed by atoms with Crippen LogP contribution >= 0.6 is 0 Å². The fraction of sp³-hybridized carbons (Fsp3) is 0.500. The summed E-state index contributed by atoms with van der Waals surface area (Å²) >= 11 is 0. The van der Waals surface area contributed by atoms with Crippen LogP contribution in [0.4, 0.5) is 0 Å². The van der Waals surface area contributed by atoms with Gasteiger partial charge in [-0.2, -0.15) is 0 Å². The fourth-order valence-electron chi connectivity index (χ4n) is 0.811. The maximum absolute atomic E-state index is 10.4. The van der Waals surface area contributed by atoms with Crippen LogP contribution in [0.25, 0.3) is 0 Å². The third kappa shape index (κ3) is 2.24. The summed E-state index contributed by atoms with van der Waals surface area (Å²) in [7, 11) is 0. The Balaban J connectivity index is -0.000000720. The first kappa shape index (κ1) is 15.8. The molecule has 4 N–H and O–H groups in total. The van der Waals surface area contributed by atoms with Crippen molar-refractivity contribution in [3.8, 4) is 0 Å². The quantitative estimate of drug-likeness (QED) is 0.276. The maximum Gasteiger partial charge on any atom is 1.00 e. The smallest absolute Gasteiger partial charge is 1.00 e. The topological polar surface area (TPSA) is 132 Å². The molecule has 0 aliphatic heterocycles. The van der Waals surface area contributed by atoms with Crippen molar-refractivity contribution in [2.45, 2.75) is 13.0 Å². The van der Waals surface area contributed by atoms with Gasteiger partial charge in [0.05, 0.1) is 6.10 Å². The average Bonchev–Trinajstić information content (AvgIpc) is 1.82. The molecule has 0 bridgehead atoms. The van der Waals surface area contributed by atoms with Crippen LogP contribution in [0, 0.1) is 5.41 Å². The van der Waals surface area contributed by atoms with E-state index >= 15 is 0 Å². The van der Waals surface area contributed by atoms with E-state index in [-0.39, 0.29) is 31.0 Å². The molecule has 0 radical (unpaired) electrons. The molecule has 0 heterocycles. The van der Waals surface area contributed by atoms with E-state index in [1.165, 1.54) is 0 Å². The van der Waals surface area contributed by atoms with Crippen molar-refractivity contribution >= 4 is 17.9 Å². The number of carbonyl (C=O) groups is 3. The van der Waals surface area contributed by atoms with Crippen LogP contribution in [0.3, 0.4) is 0 Å². The molecule has 0 aromatic carbocycles. The average molecular weight is 216 g/mol. The Morgan fingerprint density at radius 1 is 1.07 bits per heavy atom. The van der Waals surface area contributed by atoms with Gasteiger partial charge >= 0.3 is 47.5 Å². The molecule has 0 amide bonds. The molecule has 7 nitrogen and oxygen atoms in total. The van der Waals surface area contributed by atoms with Gasteiger partial charge in [0, 0.05) is 0 Å². The van der Waals surface area contributed by atoms with Crippen molar-refractivity contribution in [1.82, 2.24) is 0 Å². The van der Waals surface area contributed by atoms with Crippen molar-refractivity contribution in [2.24, 2.45) is 5.41 Å². The number of rotatable bonds is 4. The van der Waals surface area contributed by atoms with Gasteiger partial charge in [-0.25, -0.2) is 0 Å². The third-order valence-corrected chi connectivity index (χ3v) is 1.64. The Morgan fingerprint density at radius 2 is 1.29 bits per heavy atom. The Bertz CT molecular complexity index is 228. The monoisotopic (exact) mass is 216 g/mol. The second kappa shape index (κ2) is 5.30. The fourth-order valence-corrected chi connectivity index (χ4v) is 0.811. The first-order chi connectivity index (χ1) is 5.77. The van der Waals surface area contributed by atoms with Gasteiger partial charge < -0.3 is 21.9 Å². The van der Waals surface area contributed by atoms with Crippen LogP contribution in [0.15, 0.2) is 0 Å². The molecule has 0 aromatic rings. The second-order valence-corrected chi connectivity index (χ2v) is 2.40. The normalized spacial score (nSPS) is 12.4. The third-order valence-electron chi connectivity index (χ3n) is 1.64. The van der Waals surface area contributed by atoms with Crippen LogP contribution in [0.2, 0.25) is 0 Å². The minimum absolute atomic E-state index is 0. The SMILES string of the molecule is CC(O)C(C(=O)O)(C(=O)O)C(=O)O.[H-].[Na+]. The summed E-state index contributed by atoms with van der Waals surface area (Å²) in [4.78, 5) is 31.3. The van der Waals surface area contributed by atoms with Crippen LogP contribution in [-0.2, 0) is 14.4 Å². The molecule has 8 heteroatoms. The van der Waals surface area contributed by atoms with Gasteiger partial charge in [0.15, 0.2) is 0 Å². The molecule has 0 spiro atoms. The first-order valence-corrected chi connectivity index (χ1v) is 3.16. The number of aliphatic carboxylic acids is 3. The zero-order valence-corrected chi connectivity index (χ0v) is 9.59. The van der Waals surface area contributed by atoms with Gasteiger partial charge in [-0.3, -0.25) is 14.4 Å². The van der Waals surface area contributed by atoms with E-state index in [0.29, 0.717) is 0 Å². The summed E-state index contributed by atoms with van der Waals surface area (Å²) in [6, 6.07) is 0. The number of carboxylic acid groups (broad SMARTS) is 3. The Kier molecular flexibility index (Phi) is 5.99. The Labute approximate surface area is 102 Å². The van der Waals surface area contributed by atoms with Gasteiger partial charge in [0.2, 0.25) is 0 Å². The second-order valence-electron chi connectivity index (χ2n) is 2.40. The molecule has 14 heavy (non-hydrogen) atoms. The number of carboxylic acids is 3. The van der Waals surface area contributed by atoms with Crippen LogP contribution < -0.4 is 29.6 Å². The molecule has 0 aliphatic rings. The molecular formula is C6H9NaO7. The van der Waals surface area contributed by atoms with Gasteiger partial charge in [-0.15, -0.1) is 0 Å². The van der Waals surface area contributed by atoms with E-state index in [1.54, 1.807) is 0 Å². The van der Waals surface area contributed by atoms with Gasteiger partial charge in [0.1, 0.15) is 0 Å². The van der Waals surface area contributed by atoms with Gasteiger partial charge in [-0.05, 0) is 6.92 Å². The molecule has 1 atom stereocenters. The van der Waals surface area contributed by atoms with E-state index in [1.807, 2.05) is 0 Å². The zero-order chi connectivity index (χ0) is 10.8. The minimum atomic E-state index is -3.19. The summed E-state index contributed by atoms with van der Waals surface area (Å²) in [6.07, 6.45) is -2.03. The molecule has 0 saturated carbocycles. The Morgan fingerprint density at radius 3 is 1.29 bits per heavy atom. The van der Waals surface area contributed by atoms with E-state index < -0.39 is 29.4 Å². The largest absolute Gasteiger partial charge is 1.00 e. The van der Waals surface area contributed by atoms with Crippen molar-refractivity contribution in [1.29, 1.82) is 0 Å². The van der Waals surface area contributed by atoms with Crippen LogP contribution in [0.1, 0.15) is 8.35 Å². The molecule has 0 aromatic heterocycles. The predicted octanol–water partition coefficient (Wildman–Crippen LogP) is -4.28. The minimum Gasteiger partial charge on any atom is -1.00 e. The van der Waals surface area contributed by atoms with Crippen molar-refractivity contribution in [3.05, 3.63) is 0 Å². The van der Waals surface area contributed by atoms with Crippen molar-refractivity contribution < 1.29 is 65.8 Å². The van der Waals surface area contributed by atoms with Crippen molar-refractivity contribution in [3.63, 3.8) is 0 Å². The number of hydrogen-bond donors (Lipinski definition) is 4. The predicted molar refractivity (Wildman–Crippen MR) is 38.1 cm³/mol. The van der Waals surface area contributed by atoms with Gasteiger partial charge in [-0.1, -0.05) is 0 Å². The molecule has 1 unspecified atom stereocenters. The van der Waals surface area contributed by atoms with Crippen LogP contribution in [-0.4, -0.2) is 44.4 Å². The standard InChI is InChI=1S/C6H8O7.Na.H/c1-2(7)6(3(8)9,4(10)11)5(12)13;;/h2,7H,1H3,(H,8,9)(H,10,11)(H,12,13);;/q;+1;-1. The van der Waals surface area contributed by atoms with Gasteiger partial charge in [0.25, 0.3) is 5.41 Å². The first-order valence-electron chi connectivity index (χ1n) is 3.16. The number of aliphatic hydroxyl groups is 1. The zero-order valence-electron chi connectivity index (χ0n) is 8.59. The van der Waals surface area contributed by atoms with E-state index in [4.69, 9.17) is 20.4 Å². The Hall–Kier alpha value is -0.630. The summed E-state index contributed by atoms with van der Waals surface area (Å²) in [6.45, 7) is 0.788. The molecular weight excluding hydrogens is 207 g/mol. The molecule has 76 valence electrons. The summed E-state index contributed by atoms with van der Waals surface area (Å²) < 4.78 is 0. The van der Waals surface area contributed by atoms with E-state index in [2.05, 4.69) is 0 Å². The van der Waals surface area contributed by atoms with Crippen LogP contribution in [0.5, 0.6) is 0 Å². The summed E-state index contributed by atoms with van der Waals surface area (Å²) in [5.74, 6) is -6.33.